The SMILES string of the molecule is CC(C)(SC(=N)N(Cc1ccc(C2CC2)c2ccccc12)C(=N)I)C(=O)O. The molecular formula is C20H22IN3O2S. The molecule has 0 spiro atoms. The summed E-state index contributed by atoms with van der Waals surface area (Å²) in [6.07, 6.45) is 2.47. The topological polar surface area (TPSA) is 88.2 Å². The highest BCUT2D eigenvalue weighted by molar-refractivity contribution is 14.1. The number of amidine groups is 2. The predicted molar refractivity (Wildman–Crippen MR) is 120 cm³/mol. The Hall–Kier alpha value is -1.61. The molecule has 142 valence electrons. The number of halogens is 1. The van der Waals surface area contributed by atoms with Gasteiger partial charge in [0.1, 0.15) is 4.75 Å². The number of hydrogen-bond donors (Lipinski definition) is 3. The smallest absolute Gasteiger partial charge is 0.319 e. The Morgan fingerprint density at radius 2 is 1.85 bits per heavy atom. The van der Waals surface area contributed by atoms with Crippen LogP contribution in [0.1, 0.15) is 43.7 Å². The van der Waals surface area contributed by atoms with Gasteiger partial charge in [-0.3, -0.25) is 20.5 Å². The third kappa shape index (κ3) is 4.45. The summed E-state index contributed by atoms with van der Waals surface area (Å²) in [5.41, 5.74) is 2.41. The van der Waals surface area contributed by atoms with Crippen LogP contribution in [-0.2, 0) is 11.3 Å². The number of carboxylic acid groups (broad SMARTS) is 1. The summed E-state index contributed by atoms with van der Waals surface area (Å²) in [6.45, 7) is 3.52. The lowest BCUT2D eigenvalue weighted by Crippen LogP contribution is -2.36. The number of aliphatic carboxylic acids is 1. The molecule has 27 heavy (non-hydrogen) atoms. The third-order valence-electron chi connectivity index (χ3n) is 4.74. The quantitative estimate of drug-likeness (QED) is 0.224. The van der Waals surface area contributed by atoms with Crippen LogP contribution < -0.4 is 0 Å². The molecule has 1 aliphatic rings. The minimum absolute atomic E-state index is 0.0668. The van der Waals surface area contributed by atoms with Crippen molar-refractivity contribution in [2.45, 2.75) is 43.9 Å². The second-order valence-electron chi connectivity index (χ2n) is 7.23. The van der Waals surface area contributed by atoms with Crippen molar-refractivity contribution in [3.8, 4) is 0 Å². The van der Waals surface area contributed by atoms with E-state index in [9.17, 15) is 9.90 Å². The van der Waals surface area contributed by atoms with Crippen LogP contribution in [0.25, 0.3) is 10.8 Å². The van der Waals surface area contributed by atoms with Gasteiger partial charge in [-0.25, -0.2) is 0 Å². The summed E-state index contributed by atoms with van der Waals surface area (Å²) in [7, 11) is 0. The van der Waals surface area contributed by atoms with Crippen LogP contribution in [0.5, 0.6) is 0 Å². The highest BCUT2D eigenvalue weighted by Crippen LogP contribution is 2.43. The average molecular weight is 495 g/mol. The van der Waals surface area contributed by atoms with E-state index in [-0.39, 0.29) is 9.01 Å². The van der Waals surface area contributed by atoms with Crippen molar-refractivity contribution >= 4 is 60.1 Å². The first-order valence-electron chi connectivity index (χ1n) is 8.74. The van der Waals surface area contributed by atoms with Crippen LogP contribution in [0.3, 0.4) is 0 Å². The molecule has 0 aromatic heterocycles. The zero-order valence-corrected chi connectivity index (χ0v) is 18.2. The normalized spacial score (nSPS) is 14.2. The lowest BCUT2D eigenvalue weighted by molar-refractivity contribution is -0.138. The van der Waals surface area contributed by atoms with E-state index in [1.807, 2.05) is 34.7 Å². The molecule has 0 amide bonds. The van der Waals surface area contributed by atoms with Gasteiger partial charge in [-0.05, 0) is 77.1 Å². The van der Waals surface area contributed by atoms with Crippen molar-refractivity contribution in [2.24, 2.45) is 0 Å². The molecule has 0 bridgehead atoms. The summed E-state index contributed by atoms with van der Waals surface area (Å²) in [5, 5.41) is 28.3. The first-order chi connectivity index (χ1) is 12.7. The Bertz CT molecular complexity index is 925. The largest absolute Gasteiger partial charge is 0.480 e. The summed E-state index contributed by atoms with van der Waals surface area (Å²) < 4.78 is -0.930. The predicted octanol–water partition coefficient (Wildman–Crippen LogP) is 5.42. The van der Waals surface area contributed by atoms with Crippen molar-refractivity contribution in [3.05, 3.63) is 47.5 Å². The minimum atomic E-state index is -1.13. The minimum Gasteiger partial charge on any atom is -0.480 e. The highest BCUT2D eigenvalue weighted by atomic mass is 127. The standard InChI is InChI=1S/C20H22IN3O2S/c1-20(2,17(25)26)27-19(23)24(18(21)22)11-13-9-10-15(12-7-8-12)16-6-4-3-5-14(13)16/h3-6,9-10,12,22-23H,7-8,11H2,1-2H3,(H,25,26). The molecule has 3 N–H and O–H groups in total. The van der Waals surface area contributed by atoms with Gasteiger partial charge in [-0.2, -0.15) is 0 Å². The van der Waals surface area contributed by atoms with E-state index in [0.29, 0.717) is 12.5 Å². The zero-order chi connectivity index (χ0) is 19.8. The second-order valence-corrected chi connectivity index (χ2v) is 9.87. The molecular weight excluding hydrogens is 473 g/mol. The number of rotatable bonds is 5. The van der Waals surface area contributed by atoms with Crippen molar-refractivity contribution < 1.29 is 9.90 Å². The van der Waals surface area contributed by atoms with Gasteiger partial charge < -0.3 is 5.11 Å². The number of nitrogens with one attached hydrogen (secondary N) is 2. The molecule has 0 saturated heterocycles. The first kappa shape index (κ1) is 20.1. The van der Waals surface area contributed by atoms with Crippen LogP contribution in [0, 0.1) is 10.8 Å². The van der Waals surface area contributed by atoms with Gasteiger partial charge in [0.05, 0.1) is 6.54 Å². The van der Waals surface area contributed by atoms with E-state index >= 15 is 0 Å². The van der Waals surface area contributed by atoms with Crippen LogP contribution in [0.15, 0.2) is 36.4 Å². The van der Waals surface area contributed by atoms with Gasteiger partial charge in [0, 0.05) is 0 Å². The van der Waals surface area contributed by atoms with Gasteiger partial charge in [0.25, 0.3) is 0 Å². The molecule has 1 fully saturated rings. The van der Waals surface area contributed by atoms with Gasteiger partial charge in [0.15, 0.2) is 9.01 Å². The van der Waals surface area contributed by atoms with Crippen molar-refractivity contribution in [3.63, 3.8) is 0 Å². The van der Waals surface area contributed by atoms with Gasteiger partial charge in [-0.15, -0.1) is 0 Å². The molecule has 3 rings (SSSR count). The molecule has 1 aliphatic carbocycles. The number of nitrogens with zero attached hydrogens (tertiary/aromatic N) is 1. The van der Waals surface area contributed by atoms with E-state index in [0.717, 1.165) is 22.7 Å². The average Bonchev–Trinajstić information content (AvgIpc) is 3.43. The van der Waals surface area contributed by atoms with E-state index in [2.05, 4.69) is 24.3 Å². The fourth-order valence-corrected chi connectivity index (χ4v) is 4.43. The maximum Gasteiger partial charge on any atom is 0.319 e. The number of hydrogen-bond acceptors (Lipinski definition) is 4. The Morgan fingerprint density at radius 1 is 1.22 bits per heavy atom. The Morgan fingerprint density at radius 3 is 2.41 bits per heavy atom. The Balaban J connectivity index is 1.91. The first-order valence-corrected chi connectivity index (χ1v) is 10.6. The molecule has 0 heterocycles. The van der Waals surface area contributed by atoms with Gasteiger partial charge in [0.2, 0.25) is 0 Å². The number of fused-ring (bicyclic) bond motifs is 1. The van der Waals surface area contributed by atoms with Crippen molar-refractivity contribution in [1.82, 2.24) is 4.90 Å². The molecule has 0 aliphatic heterocycles. The highest BCUT2D eigenvalue weighted by Gasteiger charge is 2.32. The number of carboxylic acids is 1. The molecule has 0 atom stereocenters. The number of carbonyl (C=O) groups is 1. The van der Waals surface area contributed by atoms with Crippen LogP contribution in [-0.4, -0.2) is 29.7 Å². The molecule has 0 radical (unpaired) electrons. The van der Waals surface area contributed by atoms with Gasteiger partial charge >= 0.3 is 5.97 Å². The zero-order valence-electron chi connectivity index (χ0n) is 15.3. The number of benzene rings is 2. The number of thioether (sulfide) groups is 1. The Labute approximate surface area is 176 Å². The van der Waals surface area contributed by atoms with Crippen LogP contribution >= 0.6 is 34.4 Å². The molecule has 0 unspecified atom stereocenters. The molecule has 5 nitrogen and oxygen atoms in total. The summed E-state index contributed by atoms with van der Waals surface area (Å²) >= 11 is 2.83. The van der Waals surface area contributed by atoms with E-state index < -0.39 is 10.7 Å². The van der Waals surface area contributed by atoms with Crippen LogP contribution in [0.2, 0.25) is 0 Å². The second kappa shape index (κ2) is 7.79. The fraction of sp³-hybridized carbons (Fsp3) is 0.350. The lowest BCUT2D eigenvalue weighted by atomic mass is 9.97. The molecule has 2 aromatic rings. The van der Waals surface area contributed by atoms with Crippen molar-refractivity contribution in [2.75, 3.05) is 0 Å². The summed E-state index contributed by atoms with van der Waals surface area (Å²) in [5.74, 6) is -0.329. The molecule has 1 saturated carbocycles. The maximum absolute atomic E-state index is 11.4. The van der Waals surface area contributed by atoms with Crippen LogP contribution in [0.4, 0.5) is 0 Å². The third-order valence-corrected chi connectivity index (χ3v) is 6.42. The fourth-order valence-electron chi connectivity index (χ4n) is 3.01. The monoisotopic (exact) mass is 495 g/mol. The lowest BCUT2D eigenvalue weighted by Gasteiger charge is -2.27. The Kier molecular flexibility index (Phi) is 5.81. The van der Waals surface area contributed by atoms with E-state index in [1.54, 1.807) is 18.7 Å². The summed E-state index contributed by atoms with van der Waals surface area (Å²) in [4.78, 5) is 12.9. The molecule has 7 heteroatoms. The maximum atomic E-state index is 11.4. The van der Waals surface area contributed by atoms with Crippen molar-refractivity contribution in [1.29, 1.82) is 10.8 Å². The van der Waals surface area contributed by atoms with E-state index in [1.165, 1.54) is 23.8 Å². The van der Waals surface area contributed by atoms with Gasteiger partial charge in [-0.1, -0.05) is 48.2 Å². The molecule has 2 aromatic carbocycles. The summed E-state index contributed by atoms with van der Waals surface area (Å²) in [6, 6.07) is 12.5. The van der Waals surface area contributed by atoms with E-state index in [4.69, 9.17) is 10.8 Å².